The Morgan fingerprint density at radius 3 is 3.00 bits per heavy atom. The van der Waals surface area contributed by atoms with E-state index in [1.165, 1.54) is 18.7 Å². The standard InChI is InChI=1S/C6H6BN3O2/c11-7(12)5-2-9-6-4(5)1-8-3-10-6/h1-3,11-12H,(H,8,9,10). The zero-order valence-corrected chi connectivity index (χ0v) is 6.10. The van der Waals surface area contributed by atoms with Crippen LogP contribution in [-0.2, 0) is 0 Å². The van der Waals surface area contributed by atoms with Crippen LogP contribution >= 0.6 is 0 Å². The molecule has 0 saturated heterocycles. The summed E-state index contributed by atoms with van der Waals surface area (Å²) in [5.41, 5.74) is 0.999. The van der Waals surface area contributed by atoms with Crippen LogP contribution in [0.2, 0.25) is 0 Å². The molecule has 0 unspecified atom stereocenters. The van der Waals surface area contributed by atoms with E-state index in [-0.39, 0.29) is 0 Å². The first kappa shape index (κ1) is 7.26. The molecule has 3 N–H and O–H groups in total. The van der Waals surface area contributed by atoms with Crippen LogP contribution in [0.3, 0.4) is 0 Å². The molecule has 0 aliphatic carbocycles. The van der Waals surface area contributed by atoms with Crippen molar-refractivity contribution < 1.29 is 10.0 Å². The molecule has 0 radical (unpaired) electrons. The number of fused-ring (bicyclic) bond motifs is 1. The Balaban J connectivity index is 2.70. The third-order valence-electron chi connectivity index (χ3n) is 1.67. The Bertz CT molecular complexity index is 400. The van der Waals surface area contributed by atoms with Gasteiger partial charge in [0.1, 0.15) is 12.0 Å². The van der Waals surface area contributed by atoms with Crippen molar-refractivity contribution in [3.05, 3.63) is 18.7 Å². The Morgan fingerprint density at radius 2 is 2.25 bits per heavy atom. The van der Waals surface area contributed by atoms with Gasteiger partial charge in [-0.15, -0.1) is 0 Å². The SMILES string of the molecule is OB(O)c1c[nH]c2ncncc12. The molecule has 2 aromatic heterocycles. The molecule has 2 rings (SSSR count). The quantitative estimate of drug-likeness (QED) is 0.453. The highest BCUT2D eigenvalue weighted by Crippen LogP contribution is 2.03. The number of hydrogen-bond donors (Lipinski definition) is 3. The summed E-state index contributed by atoms with van der Waals surface area (Å²) in [6, 6.07) is 0. The molecule has 0 aliphatic rings. The van der Waals surface area contributed by atoms with E-state index in [2.05, 4.69) is 15.0 Å². The second kappa shape index (κ2) is 2.58. The summed E-state index contributed by atoms with van der Waals surface area (Å²) in [6.45, 7) is 0. The van der Waals surface area contributed by atoms with Gasteiger partial charge in [-0.25, -0.2) is 9.97 Å². The van der Waals surface area contributed by atoms with Gasteiger partial charge in [0.2, 0.25) is 0 Å². The molecule has 0 fully saturated rings. The molecule has 0 aromatic carbocycles. The summed E-state index contributed by atoms with van der Waals surface area (Å²) >= 11 is 0. The van der Waals surface area contributed by atoms with E-state index in [1.807, 2.05) is 0 Å². The van der Waals surface area contributed by atoms with Gasteiger partial charge in [0.05, 0.1) is 0 Å². The fraction of sp³-hybridized carbons (Fsp3) is 0. The van der Waals surface area contributed by atoms with Crippen LogP contribution < -0.4 is 5.46 Å². The van der Waals surface area contributed by atoms with Crippen molar-refractivity contribution >= 4 is 23.6 Å². The van der Waals surface area contributed by atoms with E-state index < -0.39 is 7.12 Å². The van der Waals surface area contributed by atoms with E-state index in [0.29, 0.717) is 16.5 Å². The Morgan fingerprint density at radius 1 is 1.42 bits per heavy atom. The highest BCUT2D eigenvalue weighted by molar-refractivity contribution is 6.61. The average molecular weight is 163 g/mol. The summed E-state index contributed by atoms with van der Waals surface area (Å²) in [7, 11) is -1.48. The molecule has 5 nitrogen and oxygen atoms in total. The molecule has 0 saturated carbocycles. The highest BCUT2D eigenvalue weighted by atomic mass is 16.4. The minimum Gasteiger partial charge on any atom is -0.423 e. The zero-order valence-electron chi connectivity index (χ0n) is 6.10. The first-order valence-electron chi connectivity index (χ1n) is 3.42. The minimum atomic E-state index is -1.48. The third-order valence-corrected chi connectivity index (χ3v) is 1.67. The van der Waals surface area contributed by atoms with Gasteiger partial charge in [-0.3, -0.25) is 0 Å². The zero-order chi connectivity index (χ0) is 8.55. The molecular formula is C6H6BN3O2. The van der Waals surface area contributed by atoms with Crippen LogP contribution in [0.1, 0.15) is 0 Å². The fourth-order valence-corrected chi connectivity index (χ4v) is 1.09. The lowest BCUT2D eigenvalue weighted by molar-refractivity contribution is 0.426. The third kappa shape index (κ3) is 0.974. The van der Waals surface area contributed by atoms with E-state index >= 15 is 0 Å². The molecule has 0 aliphatic heterocycles. The Kier molecular flexibility index (Phi) is 1.56. The Hall–Kier alpha value is -1.40. The summed E-state index contributed by atoms with van der Waals surface area (Å²) in [5.74, 6) is 0. The largest absolute Gasteiger partial charge is 0.490 e. The van der Waals surface area contributed by atoms with Crippen LogP contribution in [0.4, 0.5) is 0 Å². The summed E-state index contributed by atoms with van der Waals surface area (Å²) < 4.78 is 0. The number of nitrogens with zero attached hydrogens (tertiary/aromatic N) is 2. The summed E-state index contributed by atoms with van der Waals surface area (Å²) in [4.78, 5) is 10.5. The fourth-order valence-electron chi connectivity index (χ4n) is 1.09. The first-order chi connectivity index (χ1) is 5.79. The molecule has 0 amide bonds. The van der Waals surface area contributed by atoms with Crippen LogP contribution in [0.5, 0.6) is 0 Å². The number of H-pyrrole nitrogens is 1. The minimum absolute atomic E-state index is 0.394. The number of aromatic amines is 1. The maximum absolute atomic E-state index is 8.89. The van der Waals surface area contributed by atoms with Gasteiger partial charge in [0.15, 0.2) is 0 Å². The number of aromatic nitrogens is 3. The predicted octanol–water partition coefficient (Wildman–Crippen LogP) is -1.36. The van der Waals surface area contributed by atoms with Crippen molar-refractivity contribution in [1.29, 1.82) is 0 Å². The topological polar surface area (TPSA) is 82.0 Å². The average Bonchev–Trinajstić information content (AvgIpc) is 2.47. The van der Waals surface area contributed by atoms with Crippen molar-refractivity contribution in [1.82, 2.24) is 15.0 Å². The van der Waals surface area contributed by atoms with Crippen molar-refractivity contribution in [2.24, 2.45) is 0 Å². The Labute approximate surface area is 68.2 Å². The monoisotopic (exact) mass is 163 g/mol. The van der Waals surface area contributed by atoms with Crippen LogP contribution in [-0.4, -0.2) is 32.1 Å². The lowest BCUT2D eigenvalue weighted by Gasteiger charge is -1.93. The van der Waals surface area contributed by atoms with E-state index in [0.717, 1.165) is 0 Å². The molecule has 2 heterocycles. The van der Waals surface area contributed by atoms with Gasteiger partial charge in [-0.1, -0.05) is 0 Å². The second-order valence-electron chi connectivity index (χ2n) is 2.40. The van der Waals surface area contributed by atoms with Crippen LogP contribution in [0.25, 0.3) is 11.0 Å². The first-order valence-corrected chi connectivity index (χ1v) is 3.42. The molecule has 6 heteroatoms. The normalized spacial score (nSPS) is 10.5. The molecular weight excluding hydrogens is 157 g/mol. The van der Waals surface area contributed by atoms with Crippen LogP contribution in [0.15, 0.2) is 18.7 Å². The number of hydrogen-bond acceptors (Lipinski definition) is 4. The maximum Gasteiger partial charge on any atom is 0.490 e. The van der Waals surface area contributed by atoms with Crippen LogP contribution in [0, 0.1) is 0 Å². The van der Waals surface area contributed by atoms with Gasteiger partial charge in [0, 0.05) is 23.2 Å². The maximum atomic E-state index is 8.89. The molecule has 0 atom stereocenters. The van der Waals surface area contributed by atoms with Crippen molar-refractivity contribution in [2.75, 3.05) is 0 Å². The van der Waals surface area contributed by atoms with Gasteiger partial charge >= 0.3 is 7.12 Å². The highest BCUT2D eigenvalue weighted by Gasteiger charge is 2.16. The summed E-state index contributed by atoms with van der Waals surface area (Å²) in [6.07, 6.45) is 4.43. The summed E-state index contributed by atoms with van der Waals surface area (Å²) in [5, 5.41) is 18.4. The smallest absolute Gasteiger partial charge is 0.423 e. The van der Waals surface area contributed by atoms with Gasteiger partial charge in [-0.05, 0) is 0 Å². The van der Waals surface area contributed by atoms with Gasteiger partial charge < -0.3 is 15.0 Å². The lowest BCUT2D eigenvalue weighted by Crippen LogP contribution is -2.28. The van der Waals surface area contributed by atoms with Gasteiger partial charge in [0.25, 0.3) is 0 Å². The predicted molar refractivity (Wildman–Crippen MR) is 43.7 cm³/mol. The van der Waals surface area contributed by atoms with Crippen molar-refractivity contribution in [3.63, 3.8) is 0 Å². The molecule has 2 aromatic rings. The van der Waals surface area contributed by atoms with Crippen molar-refractivity contribution in [2.45, 2.75) is 0 Å². The molecule has 12 heavy (non-hydrogen) atoms. The number of rotatable bonds is 1. The molecule has 0 bridgehead atoms. The molecule has 0 spiro atoms. The van der Waals surface area contributed by atoms with E-state index in [1.54, 1.807) is 0 Å². The van der Waals surface area contributed by atoms with Crippen molar-refractivity contribution in [3.8, 4) is 0 Å². The van der Waals surface area contributed by atoms with E-state index in [9.17, 15) is 0 Å². The van der Waals surface area contributed by atoms with E-state index in [4.69, 9.17) is 10.0 Å². The molecule has 60 valence electrons. The lowest BCUT2D eigenvalue weighted by atomic mass is 9.81. The second-order valence-corrected chi connectivity index (χ2v) is 2.40. The number of nitrogens with one attached hydrogen (secondary N) is 1. The van der Waals surface area contributed by atoms with Gasteiger partial charge in [-0.2, -0.15) is 0 Å².